The van der Waals surface area contributed by atoms with Gasteiger partial charge in [0.2, 0.25) is 11.8 Å². The van der Waals surface area contributed by atoms with Crippen LogP contribution in [-0.2, 0) is 32.6 Å². The zero-order valence-corrected chi connectivity index (χ0v) is 29.0. The van der Waals surface area contributed by atoms with Gasteiger partial charge in [0.05, 0.1) is 10.6 Å². The first-order valence-corrected chi connectivity index (χ1v) is 17.2. The van der Waals surface area contributed by atoms with E-state index >= 15 is 0 Å². The maximum absolute atomic E-state index is 14.5. The van der Waals surface area contributed by atoms with E-state index in [0.717, 1.165) is 19.9 Å². The number of anilines is 1. The van der Waals surface area contributed by atoms with Crippen LogP contribution in [0.3, 0.4) is 0 Å². The van der Waals surface area contributed by atoms with E-state index in [4.69, 9.17) is 23.2 Å². The number of hydrogen-bond acceptors (Lipinski definition) is 4. The summed E-state index contributed by atoms with van der Waals surface area (Å²) in [5.41, 5.74) is 1.22. The molecule has 0 heterocycles. The van der Waals surface area contributed by atoms with Crippen molar-refractivity contribution in [3.05, 3.63) is 129 Å². The Balaban J connectivity index is 1.82. The number of nitrogens with zero attached hydrogens (tertiary/aromatic N) is 2. The maximum Gasteiger partial charge on any atom is 0.264 e. The molecule has 1 atom stereocenters. The lowest BCUT2D eigenvalue weighted by atomic mass is 10.0. The fourth-order valence-electron chi connectivity index (χ4n) is 4.73. The number of carbonyl (C=O) groups is 2. The van der Waals surface area contributed by atoms with Crippen molar-refractivity contribution in [3.8, 4) is 0 Å². The molecule has 0 radical (unpaired) electrons. The minimum Gasteiger partial charge on any atom is -0.350 e. The van der Waals surface area contributed by atoms with Gasteiger partial charge in [-0.3, -0.25) is 13.9 Å². The standard InChI is InChI=1S/C34H34BrCl2N3O4S/c1-34(2,3)38-33(42)31(20-24-9-5-4-6-10-24)39(22-25-11-7-12-26(35)19-25)32(41)23-40(29-14-8-13-28(37)21-29)45(43,44)30-17-15-27(36)16-18-30/h4-19,21,31H,20,22-23H2,1-3H3,(H,38,42)/t31-/m1/s1. The molecule has 0 unspecified atom stereocenters. The Morgan fingerprint density at radius 1 is 0.822 bits per heavy atom. The van der Waals surface area contributed by atoms with E-state index in [2.05, 4.69) is 21.2 Å². The highest BCUT2D eigenvalue weighted by Gasteiger charge is 2.35. The van der Waals surface area contributed by atoms with Gasteiger partial charge in [-0.25, -0.2) is 8.42 Å². The zero-order chi connectivity index (χ0) is 32.8. The Bertz CT molecular complexity index is 1750. The van der Waals surface area contributed by atoms with Gasteiger partial charge in [0.1, 0.15) is 12.6 Å². The van der Waals surface area contributed by atoms with Crippen LogP contribution >= 0.6 is 39.1 Å². The van der Waals surface area contributed by atoms with Crippen LogP contribution < -0.4 is 9.62 Å². The highest BCUT2D eigenvalue weighted by molar-refractivity contribution is 9.10. The molecule has 0 aliphatic rings. The monoisotopic (exact) mass is 729 g/mol. The Labute approximate surface area is 283 Å². The molecule has 4 aromatic carbocycles. The minimum absolute atomic E-state index is 0.0514. The van der Waals surface area contributed by atoms with Crippen molar-refractivity contribution in [2.75, 3.05) is 10.8 Å². The summed E-state index contributed by atoms with van der Waals surface area (Å²) < 4.78 is 30.0. The lowest BCUT2D eigenvalue weighted by Gasteiger charge is -2.35. The lowest BCUT2D eigenvalue weighted by Crippen LogP contribution is -2.56. The number of benzene rings is 4. The predicted molar refractivity (Wildman–Crippen MR) is 184 cm³/mol. The molecule has 11 heteroatoms. The molecule has 0 aliphatic carbocycles. The van der Waals surface area contributed by atoms with Crippen molar-refractivity contribution >= 4 is 66.7 Å². The summed E-state index contributed by atoms with van der Waals surface area (Å²) in [6.45, 7) is 5.06. The summed E-state index contributed by atoms with van der Waals surface area (Å²) in [6, 6.07) is 27.8. The number of halogens is 3. The van der Waals surface area contributed by atoms with Crippen LogP contribution in [0, 0.1) is 0 Å². The number of carbonyl (C=O) groups excluding carboxylic acids is 2. The van der Waals surface area contributed by atoms with Gasteiger partial charge < -0.3 is 10.2 Å². The molecule has 0 aromatic heterocycles. The molecule has 236 valence electrons. The summed E-state index contributed by atoms with van der Waals surface area (Å²) in [5, 5.41) is 3.69. The second kappa shape index (κ2) is 14.8. The average Bonchev–Trinajstić information content (AvgIpc) is 2.97. The van der Waals surface area contributed by atoms with Crippen molar-refractivity contribution in [1.29, 1.82) is 0 Å². The van der Waals surface area contributed by atoms with Crippen molar-refractivity contribution in [3.63, 3.8) is 0 Å². The van der Waals surface area contributed by atoms with Gasteiger partial charge in [-0.15, -0.1) is 0 Å². The fraction of sp³-hybridized carbons (Fsp3) is 0.235. The van der Waals surface area contributed by atoms with Crippen molar-refractivity contribution in [1.82, 2.24) is 10.2 Å². The number of nitrogens with one attached hydrogen (secondary N) is 1. The van der Waals surface area contributed by atoms with Crippen LogP contribution in [0.4, 0.5) is 5.69 Å². The normalized spacial score (nSPS) is 12.3. The molecule has 0 aliphatic heterocycles. The van der Waals surface area contributed by atoms with Gasteiger partial charge in [-0.05, 0) is 86.5 Å². The Morgan fingerprint density at radius 2 is 1.47 bits per heavy atom. The highest BCUT2D eigenvalue weighted by Crippen LogP contribution is 2.28. The zero-order valence-electron chi connectivity index (χ0n) is 25.1. The van der Waals surface area contributed by atoms with Gasteiger partial charge >= 0.3 is 0 Å². The van der Waals surface area contributed by atoms with Crippen molar-refractivity contribution in [2.24, 2.45) is 0 Å². The first-order chi connectivity index (χ1) is 21.2. The SMILES string of the molecule is CC(C)(C)NC(=O)[C@@H](Cc1ccccc1)N(Cc1cccc(Br)c1)C(=O)CN(c1cccc(Cl)c1)S(=O)(=O)c1ccc(Cl)cc1. The molecule has 4 aromatic rings. The number of sulfonamides is 1. The van der Waals surface area contributed by atoms with Gasteiger partial charge in [-0.1, -0.05) is 87.7 Å². The van der Waals surface area contributed by atoms with E-state index in [-0.39, 0.29) is 29.5 Å². The molecule has 1 N–H and O–H groups in total. The van der Waals surface area contributed by atoms with Crippen LogP contribution in [0.1, 0.15) is 31.9 Å². The van der Waals surface area contributed by atoms with Crippen LogP contribution in [0.2, 0.25) is 10.0 Å². The summed E-state index contributed by atoms with van der Waals surface area (Å²) in [5.74, 6) is -0.929. The summed E-state index contributed by atoms with van der Waals surface area (Å²) in [6.07, 6.45) is 0.212. The summed E-state index contributed by atoms with van der Waals surface area (Å²) in [4.78, 5) is 29.8. The molecular formula is C34H34BrCl2N3O4S. The molecule has 2 amide bonds. The Hall–Kier alpha value is -3.37. The Morgan fingerprint density at radius 3 is 2.09 bits per heavy atom. The largest absolute Gasteiger partial charge is 0.350 e. The molecule has 45 heavy (non-hydrogen) atoms. The van der Waals surface area contributed by atoms with Gasteiger partial charge in [0.15, 0.2) is 0 Å². The van der Waals surface area contributed by atoms with Crippen molar-refractivity contribution in [2.45, 2.75) is 50.2 Å². The van der Waals surface area contributed by atoms with Gasteiger partial charge in [-0.2, -0.15) is 0 Å². The molecule has 0 bridgehead atoms. The van der Waals surface area contributed by atoms with Crippen LogP contribution in [0.15, 0.2) is 112 Å². The molecule has 0 fully saturated rings. The second-order valence-electron chi connectivity index (χ2n) is 11.5. The Kier molecular flexibility index (Phi) is 11.4. The average molecular weight is 732 g/mol. The third kappa shape index (κ3) is 9.56. The quantitative estimate of drug-likeness (QED) is 0.173. The van der Waals surface area contributed by atoms with E-state index in [1.54, 1.807) is 18.2 Å². The first-order valence-electron chi connectivity index (χ1n) is 14.2. The maximum atomic E-state index is 14.5. The van der Waals surface area contributed by atoms with Crippen LogP contribution in [0.5, 0.6) is 0 Å². The molecule has 4 rings (SSSR count). The molecule has 0 spiro atoms. The van der Waals surface area contributed by atoms with Crippen LogP contribution in [0.25, 0.3) is 0 Å². The second-order valence-corrected chi connectivity index (χ2v) is 15.2. The third-order valence-electron chi connectivity index (χ3n) is 6.79. The first kappa shape index (κ1) is 34.5. The topological polar surface area (TPSA) is 86.8 Å². The highest BCUT2D eigenvalue weighted by atomic mass is 79.9. The van der Waals surface area contributed by atoms with E-state index in [9.17, 15) is 18.0 Å². The van der Waals surface area contributed by atoms with Gasteiger partial charge in [0.25, 0.3) is 10.0 Å². The number of amides is 2. The van der Waals surface area contributed by atoms with E-state index in [1.807, 2.05) is 75.4 Å². The molecule has 7 nitrogen and oxygen atoms in total. The lowest BCUT2D eigenvalue weighted by molar-refractivity contribution is -0.140. The van der Waals surface area contributed by atoms with E-state index < -0.39 is 34.1 Å². The summed E-state index contributed by atoms with van der Waals surface area (Å²) in [7, 11) is -4.27. The predicted octanol–water partition coefficient (Wildman–Crippen LogP) is 7.51. The van der Waals surface area contributed by atoms with E-state index in [1.165, 1.54) is 35.2 Å². The van der Waals surface area contributed by atoms with Gasteiger partial charge in [0, 0.05) is 33.0 Å². The van der Waals surface area contributed by atoms with E-state index in [0.29, 0.717) is 10.0 Å². The molecule has 0 saturated heterocycles. The van der Waals surface area contributed by atoms with Crippen LogP contribution in [-0.4, -0.2) is 43.3 Å². The molecule has 0 saturated carbocycles. The third-order valence-corrected chi connectivity index (χ3v) is 9.56. The van der Waals surface area contributed by atoms with Crippen molar-refractivity contribution < 1.29 is 18.0 Å². The smallest absolute Gasteiger partial charge is 0.264 e. The number of rotatable bonds is 11. The molecular weight excluding hydrogens is 697 g/mol. The summed E-state index contributed by atoms with van der Waals surface area (Å²) >= 11 is 15.8. The number of hydrogen-bond donors (Lipinski definition) is 1. The minimum atomic E-state index is -4.27. The fourth-order valence-corrected chi connectivity index (χ4v) is 6.90.